The zero-order valence-corrected chi connectivity index (χ0v) is 17.9. The van der Waals surface area contributed by atoms with Crippen LogP contribution in [0.25, 0.3) is 12.2 Å². The standard InChI is InChI=1S/C22H20N2O4P2/c23-21(25)17-9-6-15(7-10-17)5-8-16-11-12-20(22(24)26)19(4-2-14-30-28)18(16)3-1-13-29-27/h5-12H,1-4H2,(H2,23,25)(H2,24,26). The SMILES string of the molecule is NC(=O)c1ccc(C=Cc2ccc(C(N)=O)c(CCC#P=O)c2CCC#P=O)cc1. The molecular weight excluding hydrogens is 418 g/mol. The summed E-state index contributed by atoms with van der Waals surface area (Å²) in [6.07, 6.45) is 5.57. The van der Waals surface area contributed by atoms with E-state index in [4.69, 9.17) is 11.5 Å². The van der Waals surface area contributed by atoms with E-state index in [2.05, 4.69) is 11.3 Å². The van der Waals surface area contributed by atoms with Gasteiger partial charge < -0.3 is 5.73 Å². The van der Waals surface area contributed by atoms with Crippen molar-refractivity contribution in [1.29, 1.82) is 0 Å². The van der Waals surface area contributed by atoms with Gasteiger partial charge in [0.2, 0.25) is 0 Å². The fourth-order valence-corrected chi connectivity index (χ4v) is 3.48. The molecule has 0 fully saturated rings. The van der Waals surface area contributed by atoms with Gasteiger partial charge in [-0.1, -0.05) is 0 Å². The summed E-state index contributed by atoms with van der Waals surface area (Å²) in [4.78, 5) is 23.1. The van der Waals surface area contributed by atoms with Crippen LogP contribution in [0.3, 0.4) is 0 Å². The molecule has 2 rings (SSSR count). The van der Waals surface area contributed by atoms with E-state index in [-0.39, 0.29) is 15.8 Å². The number of primary amides is 2. The van der Waals surface area contributed by atoms with E-state index < -0.39 is 11.8 Å². The number of carbonyl (C=O) groups is 2. The van der Waals surface area contributed by atoms with Gasteiger partial charge in [-0.05, 0) is 0 Å². The molecule has 2 amide bonds. The minimum atomic E-state index is -0.543. The third-order valence-corrected chi connectivity index (χ3v) is 5.19. The van der Waals surface area contributed by atoms with E-state index in [0.717, 1.165) is 22.3 Å². The van der Waals surface area contributed by atoms with E-state index in [0.29, 0.717) is 36.8 Å². The van der Waals surface area contributed by atoms with E-state index in [1.165, 1.54) is 0 Å². The minimum absolute atomic E-state index is 0.177. The average Bonchev–Trinajstić information content (AvgIpc) is 2.73. The number of carbonyl (C=O) groups excluding carboxylic acids is 2. The molecule has 4 N–H and O–H groups in total. The molecule has 0 unspecified atom stereocenters. The van der Waals surface area contributed by atoms with Crippen molar-refractivity contribution < 1.29 is 18.7 Å². The Kier molecular flexibility index (Phi) is 9.35. The Hall–Kier alpha value is -2.86. The van der Waals surface area contributed by atoms with Crippen molar-refractivity contribution in [2.75, 3.05) is 0 Å². The molecule has 30 heavy (non-hydrogen) atoms. The van der Waals surface area contributed by atoms with Crippen LogP contribution in [0.2, 0.25) is 0 Å². The van der Waals surface area contributed by atoms with Gasteiger partial charge >= 0.3 is 166 Å². The summed E-state index contributed by atoms with van der Waals surface area (Å²) in [6.45, 7) is 0. The second kappa shape index (κ2) is 12.0. The molecule has 2 aromatic carbocycles. The first kappa shape index (κ1) is 23.4. The van der Waals surface area contributed by atoms with Gasteiger partial charge in [-0.15, -0.1) is 0 Å². The maximum absolute atomic E-state index is 11.9. The van der Waals surface area contributed by atoms with Crippen LogP contribution in [0.15, 0.2) is 36.4 Å². The second-order valence-electron chi connectivity index (χ2n) is 6.34. The molecular formula is C22H20N2O4P2. The van der Waals surface area contributed by atoms with E-state index in [9.17, 15) is 18.7 Å². The first-order chi connectivity index (χ1) is 14.5. The fraction of sp³-hybridized carbons (Fsp3) is 0.182. The van der Waals surface area contributed by atoms with Gasteiger partial charge in [-0.2, -0.15) is 0 Å². The molecule has 0 saturated carbocycles. The van der Waals surface area contributed by atoms with Gasteiger partial charge in [-0.25, -0.2) is 0 Å². The molecule has 6 nitrogen and oxygen atoms in total. The van der Waals surface area contributed by atoms with E-state index in [1.807, 2.05) is 12.2 Å². The van der Waals surface area contributed by atoms with Crippen molar-refractivity contribution in [1.82, 2.24) is 0 Å². The van der Waals surface area contributed by atoms with Crippen LogP contribution >= 0.6 is 15.8 Å². The van der Waals surface area contributed by atoms with Crippen molar-refractivity contribution in [2.24, 2.45) is 11.5 Å². The van der Waals surface area contributed by atoms with Crippen molar-refractivity contribution in [3.05, 3.63) is 69.8 Å². The van der Waals surface area contributed by atoms with Gasteiger partial charge in [-0.3, -0.25) is 4.79 Å². The van der Waals surface area contributed by atoms with Crippen molar-refractivity contribution in [3.8, 4) is 11.3 Å². The monoisotopic (exact) mass is 438 g/mol. The quantitative estimate of drug-likeness (QED) is 0.468. The Morgan fingerprint density at radius 3 is 1.93 bits per heavy atom. The average molecular weight is 438 g/mol. The first-order valence-electron chi connectivity index (χ1n) is 9.10. The Morgan fingerprint density at radius 2 is 1.40 bits per heavy atom. The van der Waals surface area contributed by atoms with Gasteiger partial charge in [0.05, 0.1) is 0 Å². The molecule has 0 aromatic heterocycles. The van der Waals surface area contributed by atoms with Crippen LogP contribution in [-0.4, -0.2) is 11.8 Å². The molecule has 0 bridgehead atoms. The maximum atomic E-state index is 11.9. The molecule has 0 radical (unpaired) electrons. The van der Waals surface area contributed by atoms with Gasteiger partial charge in [0.15, 0.2) is 0 Å². The second-order valence-corrected chi connectivity index (χ2v) is 7.34. The zero-order chi connectivity index (χ0) is 21.9. The molecule has 0 saturated heterocycles. The number of hydrogen-bond donors (Lipinski definition) is 2. The first-order valence-corrected chi connectivity index (χ1v) is 10.7. The van der Waals surface area contributed by atoms with Crippen LogP contribution in [0.4, 0.5) is 0 Å². The molecule has 152 valence electrons. The molecule has 8 heteroatoms. The summed E-state index contributed by atoms with van der Waals surface area (Å²) in [7, 11) is -0.369. The van der Waals surface area contributed by atoms with Crippen LogP contribution in [0.1, 0.15) is 55.8 Å². The van der Waals surface area contributed by atoms with E-state index >= 15 is 0 Å². The Morgan fingerprint density at radius 1 is 0.800 bits per heavy atom. The van der Waals surface area contributed by atoms with Crippen molar-refractivity contribution in [3.63, 3.8) is 0 Å². The summed E-state index contributed by atoms with van der Waals surface area (Å²) in [5, 5.41) is 0. The third-order valence-electron chi connectivity index (χ3n) is 4.49. The zero-order valence-electron chi connectivity index (χ0n) is 16.1. The molecule has 0 aliphatic heterocycles. The summed E-state index contributed by atoms with van der Waals surface area (Å²) < 4.78 is 21.5. The summed E-state index contributed by atoms with van der Waals surface area (Å²) in [6, 6.07) is 10.3. The number of benzene rings is 2. The van der Waals surface area contributed by atoms with Crippen LogP contribution < -0.4 is 11.5 Å². The van der Waals surface area contributed by atoms with Gasteiger partial charge in [0.25, 0.3) is 0 Å². The molecule has 0 spiro atoms. The third kappa shape index (κ3) is 6.59. The summed E-state index contributed by atoms with van der Waals surface area (Å²) in [5.74, 6) is -1.03. The van der Waals surface area contributed by atoms with Gasteiger partial charge in [0.1, 0.15) is 0 Å². The van der Waals surface area contributed by atoms with Crippen LogP contribution in [0.5, 0.6) is 0 Å². The predicted octanol–water partition coefficient (Wildman–Crippen LogP) is 4.42. The predicted molar refractivity (Wildman–Crippen MR) is 118 cm³/mol. The topological polar surface area (TPSA) is 120 Å². The molecule has 0 aliphatic carbocycles. The summed E-state index contributed by atoms with van der Waals surface area (Å²) >= 11 is 0. The molecule has 0 heterocycles. The number of amides is 2. The number of hydrogen-bond acceptors (Lipinski definition) is 4. The van der Waals surface area contributed by atoms with Crippen LogP contribution in [-0.2, 0) is 22.0 Å². The van der Waals surface area contributed by atoms with Crippen molar-refractivity contribution >= 4 is 39.8 Å². The number of nitrogens with two attached hydrogens (primary N) is 2. The van der Waals surface area contributed by atoms with Crippen LogP contribution in [0, 0.1) is 11.3 Å². The Labute approximate surface area is 177 Å². The summed E-state index contributed by atoms with van der Waals surface area (Å²) in [5.41, 5.74) is 20.4. The molecule has 0 atom stereocenters. The number of rotatable bonds is 8. The van der Waals surface area contributed by atoms with Crippen molar-refractivity contribution in [2.45, 2.75) is 25.7 Å². The van der Waals surface area contributed by atoms with Gasteiger partial charge in [0, 0.05) is 0 Å². The van der Waals surface area contributed by atoms with E-state index in [1.54, 1.807) is 36.4 Å². The molecule has 2 aromatic rings. The Bertz CT molecular complexity index is 1190. The Balaban J connectivity index is 2.50. The normalized spacial score (nSPS) is 10.3. The fourth-order valence-electron chi connectivity index (χ4n) is 3.08. The molecule has 0 aliphatic rings.